The number of hydrogen-bond donors (Lipinski definition) is 1. The molecule has 0 radical (unpaired) electrons. The van der Waals surface area contributed by atoms with Crippen molar-refractivity contribution >= 4 is 11.4 Å². The standard InChI is InChI=1S/C13H21N3/c1-10-8-16(9-13(10)15(2)3)12-6-4-11(14)5-7-12/h4-7,10,13H,8-9,14H2,1-3H3. The van der Waals surface area contributed by atoms with E-state index in [-0.39, 0.29) is 0 Å². The third-order valence-corrected chi connectivity index (χ3v) is 3.49. The van der Waals surface area contributed by atoms with Crippen LogP contribution in [-0.4, -0.2) is 38.1 Å². The van der Waals surface area contributed by atoms with Gasteiger partial charge in [-0.05, 0) is 44.3 Å². The Balaban J connectivity index is 2.10. The minimum atomic E-state index is 0.651. The van der Waals surface area contributed by atoms with E-state index in [0.29, 0.717) is 12.0 Å². The van der Waals surface area contributed by atoms with Gasteiger partial charge in [0.15, 0.2) is 0 Å². The molecule has 2 unspecified atom stereocenters. The second kappa shape index (κ2) is 4.34. The summed E-state index contributed by atoms with van der Waals surface area (Å²) in [5.41, 5.74) is 7.82. The molecule has 0 aromatic heterocycles. The third kappa shape index (κ3) is 2.14. The smallest absolute Gasteiger partial charge is 0.0368 e. The second-order valence-corrected chi connectivity index (χ2v) is 5.00. The van der Waals surface area contributed by atoms with E-state index in [9.17, 15) is 0 Å². The summed E-state index contributed by atoms with van der Waals surface area (Å²) in [4.78, 5) is 4.76. The first-order valence-electron chi connectivity index (χ1n) is 5.85. The molecule has 1 aliphatic heterocycles. The minimum Gasteiger partial charge on any atom is -0.399 e. The Morgan fingerprint density at radius 1 is 1.19 bits per heavy atom. The number of benzene rings is 1. The Kier molecular flexibility index (Phi) is 3.06. The molecule has 0 saturated carbocycles. The number of nitrogens with zero attached hydrogens (tertiary/aromatic N) is 2. The van der Waals surface area contributed by atoms with Crippen LogP contribution in [0.15, 0.2) is 24.3 Å². The van der Waals surface area contributed by atoms with Crippen LogP contribution in [0.1, 0.15) is 6.92 Å². The van der Waals surface area contributed by atoms with Crippen molar-refractivity contribution in [1.82, 2.24) is 4.90 Å². The Morgan fingerprint density at radius 3 is 2.31 bits per heavy atom. The number of anilines is 2. The molecule has 0 aliphatic carbocycles. The van der Waals surface area contributed by atoms with Gasteiger partial charge in [0.1, 0.15) is 0 Å². The number of hydrogen-bond acceptors (Lipinski definition) is 3. The molecule has 1 aromatic carbocycles. The molecule has 0 bridgehead atoms. The largest absolute Gasteiger partial charge is 0.399 e. The van der Waals surface area contributed by atoms with E-state index in [1.54, 1.807) is 0 Å². The van der Waals surface area contributed by atoms with Gasteiger partial charge in [0.2, 0.25) is 0 Å². The molecular weight excluding hydrogens is 198 g/mol. The molecule has 88 valence electrons. The van der Waals surface area contributed by atoms with Gasteiger partial charge in [-0.3, -0.25) is 0 Å². The summed E-state index contributed by atoms with van der Waals surface area (Å²) in [7, 11) is 4.32. The zero-order valence-corrected chi connectivity index (χ0v) is 10.4. The fourth-order valence-electron chi connectivity index (χ4n) is 2.52. The highest BCUT2D eigenvalue weighted by Crippen LogP contribution is 2.26. The van der Waals surface area contributed by atoms with Gasteiger partial charge >= 0.3 is 0 Å². The van der Waals surface area contributed by atoms with Crippen LogP contribution in [0, 0.1) is 5.92 Å². The quantitative estimate of drug-likeness (QED) is 0.768. The molecule has 2 rings (SSSR count). The highest BCUT2D eigenvalue weighted by atomic mass is 15.2. The lowest BCUT2D eigenvalue weighted by molar-refractivity contribution is 0.266. The lowest BCUT2D eigenvalue weighted by atomic mass is 10.1. The summed E-state index contributed by atoms with van der Waals surface area (Å²) >= 11 is 0. The van der Waals surface area contributed by atoms with E-state index < -0.39 is 0 Å². The van der Waals surface area contributed by atoms with Gasteiger partial charge in [-0.2, -0.15) is 0 Å². The van der Waals surface area contributed by atoms with E-state index in [4.69, 9.17) is 5.73 Å². The molecule has 1 aliphatic rings. The third-order valence-electron chi connectivity index (χ3n) is 3.49. The van der Waals surface area contributed by atoms with Gasteiger partial charge in [-0.25, -0.2) is 0 Å². The van der Waals surface area contributed by atoms with Crippen LogP contribution in [0.5, 0.6) is 0 Å². The molecule has 16 heavy (non-hydrogen) atoms. The monoisotopic (exact) mass is 219 g/mol. The second-order valence-electron chi connectivity index (χ2n) is 5.00. The van der Waals surface area contributed by atoms with Gasteiger partial charge in [-0.1, -0.05) is 6.92 Å². The lowest BCUT2D eigenvalue weighted by Gasteiger charge is -2.23. The van der Waals surface area contributed by atoms with Gasteiger partial charge in [0.05, 0.1) is 0 Å². The maximum Gasteiger partial charge on any atom is 0.0368 e. The topological polar surface area (TPSA) is 32.5 Å². The normalized spacial score (nSPS) is 25.4. The van der Waals surface area contributed by atoms with E-state index >= 15 is 0 Å². The van der Waals surface area contributed by atoms with E-state index in [1.807, 2.05) is 12.1 Å². The van der Waals surface area contributed by atoms with Crippen LogP contribution in [0.3, 0.4) is 0 Å². The van der Waals surface area contributed by atoms with Gasteiger partial charge in [0, 0.05) is 30.5 Å². The van der Waals surface area contributed by atoms with Gasteiger partial charge in [-0.15, -0.1) is 0 Å². The molecule has 3 nitrogen and oxygen atoms in total. The Morgan fingerprint density at radius 2 is 1.81 bits per heavy atom. The molecule has 1 saturated heterocycles. The Bertz CT molecular complexity index is 345. The van der Waals surface area contributed by atoms with Crippen molar-refractivity contribution in [1.29, 1.82) is 0 Å². The Labute approximate surface area is 97.8 Å². The maximum absolute atomic E-state index is 5.70. The van der Waals surface area contributed by atoms with Crippen LogP contribution in [0.4, 0.5) is 11.4 Å². The van der Waals surface area contributed by atoms with Crippen LogP contribution < -0.4 is 10.6 Å². The van der Waals surface area contributed by atoms with E-state index in [0.717, 1.165) is 18.8 Å². The zero-order chi connectivity index (χ0) is 11.7. The average molecular weight is 219 g/mol. The molecule has 1 heterocycles. The number of nitrogens with two attached hydrogens (primary N) is 1. The summed E-state index contributed by atoms with van der Waals surface area (Å²) in [5.74, 6) is 0.715. The van der Waals surface area contributed by atoms with E-state index in [2.05, 4.69) is 43.0 Å². The highest BCUT2D eigenvalue weighted by Gasteiger charge is 2.30. The number of rotatable bonds is 2. The zero-order valence-electron chi connectivity index (χ0n) is 10.4. The molecule has 0 amide bonds. The first-order valence-corrected chi connectivity index (χ1v) is 5.85. The molecule has 2 atom stereocenters. The predicted octanol–water partition coefficient (Wildman–Crippen LogP) is 1.66. The van der Waals surface area contributed by atoms with Crippen molar-refractivity contribution in [3.8, 4) is 0 Å². The maximum atomic E-state index is 5.70. The molecule has 1 fully saturated rings. The fraction of sp³-hybridized carbons (Fsp3) is 0.538. The number of likely N-dealkylation sites (N-methyl/N-ethyl adjacent to an activating group) is 1. The molecular formula is C13H21N3. The average Bonchev–Trinajstić information content (AvgIpc) is 2.61. The summed E-state index contributed by atoms with van der Waals surface area (Å²) < 4.78 is 0. The van der Waals surface area contributed by atoms with Crippen molar-refractivity contribution in [2.75, 3.05) is 37.8 Å². The highest BCUT2D eigenvalue weighted by molar-refractivity contribution is 5.54. The molecule has 3 heteroatoms. The van der Waals surface area contributed by atoms with Crippen LogP contribution in [0.25, 0.3) is 0 Å². The predicted molar refractivity (Wildman–Crippen MR) is 69.7 cm³/mol. The van der Waals surface area contributed by atoms with Crippen molar-refractivity contribution in [2.45, 2.75) is 13.0 Å². The van der Waals surface area contributed by atoms with Crippen LogP contribution in [0.2, 0.25) is 0 Å². The number of nitrogen functional groups attached to an aromatic ring is 1. The molecule has 0 spiro atoms. The summed E-state index contributed by atoms with van der Waals surface area (Å²) in [6.07, 6.45) is 0. The minimum absolute atomic E-state index is 0.651. The summed E-state index contributed by atoms with van der Waals surface area (Å²) in [6.45, 7) is 4.56. The van der Waals surface area contributed by atoms with Crippen molar-refractivity contribution in [3.63, 3.8) is 0 Å². The molecule has 1 aromatic rings. The van der Waals surface area contributed by atoms with Gasteiger partial charge in [0.25, 0.3) is 0 Å². The summed E-state index contributed by atoms with van der Waals surface area (Å²) in [5, 5.41) is 0. The first-order chi connectivity index (χ1) is 7.58. The van der Waals surface area contributed by atoms with Crippen molar-refractivity contribution < 1.29 is 0 Å². The first kappa shape index (κ1) is 11.3. The van der Waals surface area contributed by atoms with Crippen LogP contribution in [-0.2, 0) is 0 Å². The molecule has 2 N–H and O–H groups in total. The van der Waals surface area contributed by atoms with Crippen molar-refractivity contribution in [2.24, 2.45) is 5.92 Å². The lowest BCUT2D eigenvalue weighted by Crippen LogP contribution is -2.34. The van der Waals surface area contributed by atoms with Crippen molar-refractivity contribution in [3.05, 3.63) is 24.3 Å². The Hall–Kier alpha value is -1.22. The van der Waals surface area contributed by atoms with Crippen LogP contribution >= 0.6 is 0 Å². The van der Waals surface area contributed by atoms with E-state index in [1.165, 1.54) is 5.69 Å². The fourth-order valence-corrected chi connectivity index (χ4v) is 2.52. The summed E-state index contributed by atoms with van der Waals surface area (Å²) in [6, 6.07) is 8.82. The SMILES string of the molecule is CC1CN(c2ccc(N)cc2)CC1N(C)C. The van der Waals surface area contributed by atoms with Gasteiger partial charge < -0.3 is 15.5 Å².